The van der Waals surface area contributed by atoms with E-state index in [1.54, 1.807) is 28.4 Å². The Labute approximate surface area is 186 Å². The molecule has 0 aliphatic carbocycles. The minimum atomic E-state index is -0.199. The van der Waals surface area contributed by atoms with Gasteiger partial charge in [0.15, 0.2) is 0 Å². The topological polar surface area (TPSA) is 61.9 Å². The Balaban J connectivity index is 1.74. The number of carbonyl (C=O) groups is 2. The Morgan fingerprint density at radius 2 is 2.03 bits per heavy atom. The third-order valence-corrected chi connectivity index (χ3v) is 6.32. The summed E-state index contributed by atoms with van der Waals surface area (Å²) in [4.78, 5) is 30.3. The summed E-state index contributed by atoms with van der Waals surface area (Å²) >= 11 is 7.67. The molecule has 0 unspecified atom stereocenters. The van der Waals surface area contributed by atoms with Crippen molar-refractivity contribution >= 4 is 34.9 Å². The maximum absolute atomic E-state index is 13.2. The fourth-order valence-electron chi connectivity index (χ4n) is 3.62. The highest BCUT2D eigenvalue weighted by atomic mass is 35.5. The lowest BCUT2D eigenvalue weighted by atomic mass is 10.0. The second-order valence-corrected chi connectivity index (χ2v) is 8.61. The molecular weight excluding hydrogens is 422 g/mol. The lowest BCUT2D eigenvalue weighted by molar-refractivity contribution is -0.135. The van der Waals surface area contributed by atoms with E-state index >= 15 is 0 Å². The van der Waals surface area contributed by atoms with Gasteiger partial charge in [-0.15, -0.1) is 11.3 Å². The molecule has 6 nitrogen and oxygen atoms in total. The Hall–Kier alpha value is -2.25. The molecule has 30 heavy (non-hydrogen) atoms. The van der Waals surface area contributed by atoms with E-state index in [1.165, 1.54) is 4.88 Å². The number of hydrogen-bond acceptors (Lipinski definition) is 4. The standard InChI is InChI=1S/C22H28ClN3O3S/c1-3-11-25(22(28)24-4-2)14-21(27)26-12-9-20-18(10-13-30-20)19(26)15-29-17-7-5-16(23)6-8-17/h5-8,10,13,19H,3-4,9,11-12,14-15H2,1-2H3,(H,24,28)/t19-/m1/s1. The number of amides is 3. The number of urea groups is 1. The van der Waals surface area contributed by atoms with Gasteiger partial charge in [-0.25, -0.2) is 4.79 Å². The lowest BCUT2D eigenvalue weighted by Crippen LogP contribution is -2.50. The Morgan fingerprint density at radius 3 is 2.73 bits per heavy atom. The zero-order valence-electron chi connectivity index (χ0n) is 17.4. The van der Waals surface area contributed by atoms with E-state index in [9.17, 15) is 9.59 Å². The average molecular weight is 450 g/mol. The second-order valence-electron chi connectivity index (χ2n) is 7.17. The van der Waals surface area contributed by atoms with Crippen LogP contribution in [0.3, 0.4) is 0 Å². The maximum Gasteiger partial charge on any atom is 0.317 e. The number of nitrogens with one attached hydrogen (secondary N) is 1. The van der Waals surface area contributed by atoms with Gasteiger partial charge in [0.25, 0.3) is 0 Å². The summed E-state index contributed by atoms with van der Waals surface area (Å²) in [7, 11) is 0. The minimum absolute atomic E-state index is 0.0590. The van der Waals surface area contributed by atoms with Gasteiger partial charge in [-0.3, -0.25) is 4.79 Å². The molecule has 1 aromatic heterocycles. The van der Waals surface area contributed by atoms with Gasteiger partial charge in [-0.1, -0.05) is 18.5 Å². The molecule has 0 spiro atoms. The van der Waals surface area contributed by atoms with Crippen LogP contribution >= 0.6 is 22.9 Å². The van der Waals surface area contributed by atoms with E-state index in [0.29, 0.717) is 37.0 Å². The second kappa shape index (κ2) is 10.7. The predicted molar refractivity (Wildman–Crippen MR) is 120 cm³/mol. The number of nitrogens with zero attached hydrogens (tertiary/aromatic N) is 2. The first kappa shape index (κ1) is 22.4. The monoisotopic (exact) mass is 449 g/mol. The number of carbonyl (C=O) groups excluding carboxylic acids is 2. The number of benzene rings is 1. The maximum atomic E-state index is 13.2. The molecule has 1 N–H and O–H groups in total. The summed E-state index contributed by atoms with van der Waals surface area (Å²) < 4.78 is 6.00. The van der Waals surface area contributed by atoms with E-state index in [4.69, 9.17) is 16.3 Å². The van der Waals surface area contributed by atoms with Crippen LogP contribution < -0.4 is 10.1 Å². The van der Waals surface area contributed by atoms with Crippen molar-refractivity contribution in [2.45, 2.75) is 32.7 Å². The summed E-state index contributed by atoms with van der Waals surface area (Å²) in [6, 6.07) is 8.91. The van der Waals surface area contributed by atoms with Crippen LogP contribution in [0.25, 0.3) is 0 Å². The smallest absolute Gasteiger partial charge is 0.317 e. The van der Waals surface area contributed by atoms with Gasteiger partial charge in [0, 0.05) is 29.5 Å². The largest absolute Gasteiger partial charge is 0.491 e. The summed E-state index contributed by atoms with van der Waals surface area (Å²) in [5.41, 5.74) is 1.13. The van der Waals surface area contributed by atoms with Gasteiger partial charge in [0.1, 0.15) is 18.9 Å². The fraction of sp³-hybridized carbons (Fsp3) is 0.455. The average Bonchev–Trinajstić information content (AvgIpc) is 3.22. The molecule has 0 radical (unpaired) electrons. The lowest BCUT2D eigenvalue weighted by Gasteiger charge is -2.37. The van der Waals surface area contributed by atoms with Gasteiger partial charge >= 0.3 is 6.03 Å². The molecule has 8 heteroatoms. The SMILES string of the molecule is CCCN(CC(=O)N1CCc2sccc2[C@H]1COc1ccc(Cl)cc1)C(=O)NCC. The van der Waals surface area contributed by atoms with E-state index in [2.05, 4.69) is 16.8 Å². The first-order chi connectivity index (χ1) is 14.5. The molecule has 0 saturated carbocycles. The van der Waals surface area contributed by atoms with Crippen molar-refractivity contribution in [3.8, 4) is 5.75 Å². The van der Waals surface area contributed by atoms with Crippen LogP contribution in [0.2, 0.25) is 5.02 Å². The Morgan fingerprint density at radius 1 is 1.27 bits per heavy atom. The molecule has 162 valence electrons. The third kappa shape index (κ3) is 5.46. The van der Waals surface area contributed by atoms with Crippen LogP contribution in [0.5, 0.6) is 5.75 Å². The molecule has 0 saturated heterocycles. The number of halogens is 1. The molecule has 1 aliphatic rings. The van der Waals surface area contributed by atoms with Crippen LogP contribution in [0, 0.1) is 0 Å². The Bertz CT molecular complexity index is 856. The first-order valence-corrected chi connectivity index (χ1v) is 11.6. The molecule has 2 aromatic rings. The van der Waals surface area contributed by atoms with Gasteiger partial charge in [-0.05, 0) is 61.0 Å². The highest BCUT2D eigenvalue weighted by Crippen LogP contribution is 2.34. The van der Waals surface area contributed by atoms with E-state index in [-0.39, 0.29) is 24.5 Å². The molecule has 1 atom stereocenters. The van der Waals surface area contributed by atoms with Crippen molar-refractivity contribution in [1.29, 1.82) is 0 Å². The molecular formula is C22H28ClN3O3S. The van der Waals surface area contributed by atoms with Gasteiger partial charge < -0.3 is 19.9 Å². The first-order valence-electron chi connectivity index (χ1n) is 10.3. The minimum Gasteiger partial charge on any atom is -0.491 e. The van der Waals surface area contributed by atoms with Crippen molar-refractivity contribution in [3.05, 3.63) is 51.2 Å². The van der Waals surface area contributed by atoms with Crippen molar-refractivity contribution in [2.24, 2.45) is 0 Å². The molecule has 1 aliphatic heterocycles. The van der Waals surface area contributed by atoms with Gasteiger partial charge in [0.05, 0.1) is 6.04 Å². The normalized spacial score (nSPS) is 15.4. The van der Waals surface area contributed by atoms with Crippen LogP contribution in [0.15, 0.2) is 35.7 Å². The zero-order valence-corrected chi connectivity index (χ0v) is 19.0. The van der Waals surface area contributed by atoms with Crippen molar-refractivity contribution in [2.75, 3.05) is 32.8 Å². The molecule has 0 bridgehead atoms. The number of rotatable bonds is 8. The Kier molecular flexibility index (Phi) is 7.99. The van der Waals surface area contributed by atoms with Gasteiger partial charge in [-0.2, -0.15) is 0 Å². The molecule has 0 fully saturated rings. The predicted octanol–water partition coefficient (Wildman–Crippen LogP) is 4.35. The molecule has 1 aromatic carbocycles. The summed E-state index contributed by atoms with van der Waals surface area (Å²) in [5.74, 6) is 0.653. The van der Waals surface area contributed by atoms with E-state index in [1.807, 2.05) is 30.9 Å². The number of hydrogen-bond donors (Lipinski definition) is 1. The summed E-state index contributed by atoms with van der Waals surface area (Å²) in [6.45, 7) is 5.99. The molecule has 2 heterocycles. The van der Waals surface area contributed by atoms with Crippen LogP contribution in [-0.2, 0) is 11.2 Å². The molecule has 3 amide bonds. The van der Waals surface area contributed by atoms with Crippen molar-refractivity contribution in [3.63, 3.8) is 0 Å². The van der Waals surface area contributed by atoms with Crippen molar-refractivity contribution in [1.82, 2.24) is 15.1 Å². The molecule has 3 rings (SSSR count). The zero-order chi connectivity index (χ0) is 21.5. The number of fused-ring (bicyclic) bond motifs is 1. The van der Waals surface area contributed by atoms with E-state index in [0.717, 1.165) is 18.4 Å². The quantitative estimate of drug-likeness (QED) is 0.651. The highest BCUT2D eigenvalue weighted by Gasteiger charge is 2.33. The third-order valence-electron chi connectivity index (χ3n) is 5.07. The van der Waals surface area contributed by atoms with Gasteiger partial charge in [0.2, 0.25) is 5.91 Å². The van der Waals surface area contributed by atoms with Crippen LogP contribution in [0.1, 0.15) is 36.8 Å². The van der Waals surface area contributed by atoms with Crippen molar-refractivity contribution < 1.29 is 14.3 Å². The number of ether oxygens (including phenoxy) is 1. The number of thiophene rings is 1. The summed E-state index contributed by atoms with van der Waals surface area (Å²) in [6.07, 6.45) is 1.62. The van der Waals surface area contributed by atoms with Crippen LogP contribution in [-0.4, -0.2) is 54.5 Å². The fourth-order valence-corrected chi connectivity index (χ4v) is 4.67. The van der Waals surface area contributed by atoms with Crippen LogP contribution in [0.4, 0.5) is 4.79 Å². The van der Waals surface area contributed by atoms with E-state index < -0.39 is 0 Å². The highest BCUT2D eigenvalue weighted by molar-refractivity contribution is 7.10. The summed E-state index contributed by atoms with van der Waals surface area (Å²) in [5, 5.41) is 5.51.